The maximum Gasteiger partial charge on any atom is 0.261 e. The molecule has 0 aliphatic rings. The minimum absolute atomic E-state index is 0.0323. The van der Waals surface area contributed by atoms with Gasteiger partial charge in [0, 0.05) is 6.54 Å². The molecule has 0 bridgehead atoms. The van der Waals surface area contributed by atoms with E-state index in [1.807, 2.05) is 36.4 Å². The lowest BCUT2D eigenvalue weighted by Gasteiger charge is -2.10. The second kappa shape index (κ2) is 10.5. The lowest BCUT2D eigenvalue weighted by atomic mass is 10.1. The Hall–Kier alpha value is -3.52. The number of nitrogens with zero attached hydrogens (tertiary/aromatic N) is 1. The molecular weight excluding hydrogens is 340 g/mol. The van der Waals surface area contributed by atoms with Crippen molar-refractivity contribution < 1.29 is 14.3 Å². The third-order valence-electron chi connectivity index (χ3n) is 3.76. The molecule has 138 valence electrons. The highest BCUT2D eigenvalue weighted by Gasteiger charge is 2.10. The summed E-state index contributed by atoms with van der Waals surface area (Å²) >= 11 is 0. The topological polar surface area (TPSA) is 71.3 Å². The molecule has 0 unspecified atom stereocenters. The van der Waals surface area contributed by atoms with Gasteiger partial charge >= 0.3 is 0 Å². The Morgan fingerprint density at radius 3 is 2.67 bits per heavy atom. The highest BCUT2D eigenvalue weighted by atomic mass is 16.5. The van der Waals surface area contributed by atoms with Crippen molar-refractivity contribution in [1.82, 2.24) is 5.32 Å². The van der Waals surface area contributed by atoms with Crippen LogP contribution in [0.2, 0.25) is 0 Å². The predicted molar refractivity (Wildman–Crippen MR) is 105 cm³/mol. The fourth-order valence-electron chi connectivity index (χ4n) is 2.42. The molecule has 2 rings (SSSR count). The number of ether oxygens (including phenoxy) is 2. The Morgan fingerprint density at radius 2 is 2.00 bits per heavy atom. The predicted octanol–water partition coefficient (Wildman–Crippen LogP) is 3.53. The van der Waals surface area contributed by atoms with Crippen molar-refractivity contribution in [3.8, 4) is 17.6 Å². The molecular formula is C22H22N2O3. The van der Waals surface area contributed by atoms with Crippen LogP contribution in [-0.2, 0) is 11.2 Å². The molecule has 0 aromatic heterocycles. The van der Waals surface area contributed by atoms with Gasteiger partial charge in [-0.15, -0.1) is 0 Å². The maximum atomic E-state index is 12.3. The van der Waals surface area contributed by atoms with Gasteiger partial charge in [0.25, 0.3) is 5.91 Å². The summed E-state index contributed by atoms with van der Waals surface area (Å²) in [5.41, 5.74) is 1.83. The molecule has 0 heterocycles. The first-order valence-electron chi connectivity index (χ1n) is 8.53. The van der Waals surface area contributed by atoms with E-state index in [2.05, 4.69) is 11.9 Å². The first-order valence-corrected chi connectivity index (χ1v) is 8.53. The molecule has 2 aromatic carbocycles. The lowest BCUT2D eigenvalue weighted by molar-refractivity contribution is -0.117. The van der Waals surface area contributed by atoms with Crippen molar-refractivity contribution in [2.24, 2.45) is 0 Å². The summed E-state index contributed by atoms with van der Waals surface area (Å²) in [5.74, 6) is 0.687. The molecule has 0 atom stereocenters. The van der Waals surface area contributed by atoms with Gasteiger partial charge in [0.15, 0.2) is 11.5 Å². The van der Waals surface area contributed by atoms with Gasteiger partial charge in [0.2, 0.25) is 0 Å². The molecule has 2 aromatic rings. The van der Waals surface area contributed by atoms with E-state index in [1.165, 1.54) is 13.2 Å². The van der Waals surface area contributed by atoms with Crippen molar-refractivity contribution in [2.75, 3.05) is 20.3 Å². The quantitative estimate of drug-likeness (QED) is 0.421. The number of amides is 1. The van der Waals surface area contributed by atoms with E-state index >= 15 is 0 Å². The molecule has 0 fully saturated rings. The van der Waals surface area contributed by atoms with Crippen molar-refractivity contribution in [1.29, 1.82) is 5.26 Å². The Morgan fingerprint density at radius 1 is 1.22 bits per heavy atom. The first-order chi connectivity index (χ1) is 13.2. The van der Waals surface area contributed by atoms with Crippen LogP contribution >= 0.6 is 0 Å². The largest absolute Gasteiger partial charge is 0.493 e. The zero-order valence-electron chi connectivity index (χ0n) is 15.3. The number of carbonyl (C=O) groups excluding carboxylic acids is 1. The normalized spacial score (nSPS) is 10.6. The number of benzene rings is 2. The van der Waals surface area contributed by atoms with E-state index in [-0.39, 0.29) is 5.57 Å². The second-order valence-electron chi connectivity index (χ2n) is 5.67. The Kier molecular flexibility index (Phi) is 7.68. The number of hydrogen-bond donors (Lipinski definition) is 1. The fourth-order valence-corrected chi connectivity index (χ4v) is 2.42. The molecule has 5 heteroatoms. The Labute approximate surface area is 159 Å². The first kappa shape index (κ1) is 19.8. The number of carbonyl (C=O) groups is 1. The number of methoxy groups -OCH3 is 1. The van der Waals surface area contributed by atoms with E-state index < -0.39 is 5.91 Å². The van der Waals surface area contributed by atoms with Crippen LogP contribution in [0.3, 0.4) is 0 Å². The van der Waals surface area contributed by atoms with E-state index in [4.69, 9.17) is 9.47 Å². The fraction of sp³-hybridized carbons (Fsp3) is 0.182. The summed E-state index contributed by atoms with van der Waals surface area (Å²) in [5, 5.41) is 12.1. The van der Waals surface area contributed by atoms with Crippen molar-refractivity contribution >= 4 is 12.0 Å². The summed E-state index contributed by atoms with van der Waals surface area (Å²) in [6, 6.07) is 17.0. The molecule has 0 aliphatic heterocycles. The van der Waals surface area contributed by atoms with Gasteiger partial charge in [0.1, 0.15) is 18.2 Å². The second-order valence-corrected chi connectivity index (χ2v) is 5.67. The third-order valence-corrected chi connectivity index (χ3v) is 3.76. The van der Waals surface area contributed by atoms with Crippen LogP contribution < -0.4 is 14.8 Å². The van der Waals surface area contributed by atoms with Crippen LogP contribution in [0.1, 0.15) is 11.1 Å². The highest BCUT2D eigenvalue weighted by Crippen LogP contribution is 2.29. The van der Waals surface area contributed by atoms with Gasteiger partial charge in [-0.3, -0.25) is 4.79 Å². The summed E-state index contributed by atoms with van der Waals surface area (Å²) in [6.45, 7) is 4.42. The molecule has 1 amide bonds. The van der Waals surface area contributed by atoms with Crippen LogP contribution in [0.5, 0.6) is 11.5 Å². The summed E-state index contributed by atoms with van der Waals surface area (Å²) in [4.78, 5) is 12.3. The average Bonchev–Trinajstić information content (AvgIpc) is 2.71. The molecule has 0 aliphatic carbocycles. The molecule has 0 spiro atoms. The zero-order valence-corrected chi connectivity index (χ0v) is 15.3. The van der Waals surface area contributed by atoms with Gasteiger partial charge in [-0.05, 0) is 35.8 Å². The van der Waals surface area contributed by atoms with E-state index in [0.29, 0.717) is 36.6 Å². The highest BCUT2D eigenvalue weighted by molar-refractivity contribution is 6.01. The van der Waals surface area contributed by atoms with Gasteiger partial charge in [0.05, 0.1) is 7.11 Å². The van der Waals surface area contributed by atoms with Crippen molar-refractivity contribution in [3.05, 3.63) is 77.9 Å². The van der Waals surface area contributed by atoms with Gasteiger partial charge in [-0.2, -0.15) is 5.26 Å². The minimum Gasteiger partial charge on any atom is -0.493 e. The number of nitrogens with one attached hydrogen (secondary N) is 1. The minimum atomic E-state index is -0.403. The zero-order chi connectivity index (χ0) is 19.5. The lowest BCUT2D eigenvalue weighted by Crippen LogP contribution is -2.26. The van der Waals surface area contributed by atoms with Crippen LogP contribution in [0.4, 0.5) is 0 Å². The van der Waals surface area contributed by atoms with Crippen molar-refractivity contribution in [3.63, 3.8) is 0 Å². The average molecular weight is 362 g/mol. The smallest absolute Gasteiger partial charge is 0.261 e. The van der Waals surface area contributed by atoms with Crippen LogP contribution in [0.15, 0.2) is 66.8 Å². The molecule has 1 N–H and O–H groups in total. The van der Waals surface area contributed by atoms with E-state index in [1.54, 1.807) is 24.3 Å². The standard InChI is InChI=1S/C22H22N2O3/c1-3-13-27-20-10-9-18(15-21(20)26-2)14-19(16-23)22(25)24-12-11-17-7-5-4-6-8-17/h3-10,14-15H,1,11-13H2,2H3,(H,24,25)/b19-14+. The Balaban J connectivity index is 2.04. The van der Waals surface area contributed by atoms with Crippen LogP contribution in [0.25, 0.3) is 6.08 Å². The van der Waals surface area contributed by atoms with Gasteiger partial charge in [-0.25, -0.2) is 0 Å². The SMILES string of the molecule is C=CCOc1ccc(/C=C(\C#N)C(=O)NCCc2ccccc2)cc1OC. The molecule has 27 heavy (non-hydrogen) atoms. The van der Waals surface area contributed by atoms with Gasteiger partial charge in [-0.1, -0.05) is 49.1 Å². The van der Waals surface area contributed by atoms with Crippen LogP contribution in [0, 0.1) is 11.3 Å². The molecule has 5 nitrogen and oxygen atoms in total. The monoisotopic (exact) mass is 362 g/mol. The van der Waals surface area contributed by atoms with Crippen LogP contribution in [-0.4, -0.2) is 26.2 Å². The van der Waals surface area contributed by atoms with E-state index in [0.717, 1.165) is 5.56 Å². The number of rotatable bonds is 9. The number of nitriles is 1. The third kappa shape index (κ3) is 6.05. The summed E-state index contributed by atoms with van der Waals surface area (Å²) in [6.07, 6.45) is 3.87. The molecule has 0 radical (unpaired) electrons. The van der Waals surface area contributed by atoms with Gasteiger partial charge < -0.3 is 14.8 Å². The van der Waals surface area contributed by atoms with Crippen molar-refractivity contribution in [2.45, 2.75) is 6.42 Å². The number of hydrogen-bond acceptors (Lipinski definition) is 4. The van der Waals surface area contributed by atoms with E-state index in [9.17, 15) is 10.1 Å². The molecule has 0 saturated heterocycles. The summed E-state index contributed by atoms with van der Waals surface area (Å²) < 4.78 is 10.8. The Bertz CT molecular complexity index is 852. The molecule has 0 saturated carbocycles. The summed E-state index contributed by atoms with van der Waals surface area (Å²) in [7, 11) is 1.53. The maximum absolute atomic E-state index is 12.3.